The number of amides is 1. The van der Waals surface area contributed by atoms with Crippen LogP contribution >= 0.6 is 0 Å². The van der Waals surface area contributed by atoms with Gasteiger partial charge in [-0.2, -0.15) is 0 Å². The predicted molar refractivity (Wildman–Crippen MR) is 154 cm³/mol. The molecule has 0 spiro atoms. The predicted octanol–water partition coefficient (Wildman–Crippen LogP) is 6.15. The van der Waals surface area contributed by atoms with Crippen molar-refractivity contribution < 1.29 is 24.5 Å². The largest absolute Gasteiger partial charge is 0.493 e. The average Bonchev–Trinajstić information content (AvgIpc) is 3.00. The Morgan fingerprint density at radius 2 is 1.50 bits per heavy atom. The van der Waals surface area contributed by atoms with Gasteiger partial charge in [0.15, 0.2) is 6.23 Å². The van der Waals surface area contributed by atoms with Crippen molar-refractivity contribution in [2.24, 2.45) is 0 Å². The number of carbonyl (C=O) groups is 2. The van der Waals surface area contributed by atoms with Crippen molar-refractivity contribution in [1.82, 2.24) is 9.88 Å². The highest BCUT2D eigenvalue weighted by molar-refractivity contribution is 5.95. The minimum atomic E-state index is -1.24. The van der Waals surface area contributed by atoms with E-state index in [2.05, 4.69) is 4.98 Å². The number of carboxylic acid groups (broad SMARTS) is 1. The molecule has 0 saturated heterocycles. The molecule has 0 radical (unpaired) electrons. The van der Waals surface area contributed by atoms with Gasteiger partial charge >= 0.3 is 5.97 Å². The van der Waals surface area contributed by atoms with Crippen molar-refractivity contribution in [3.63, 3.8) is 0 Å². The number of para-hydroxylation sites is 1. The van der Waals surface area contributed by atoms with Gasteiger partial charge in [0.1, 0.15) is 5.75 Å². The Morgan fingerprint density at radius 1 is 0.800 bits per heavy atom. The molecule has 1 amide bonds. The number of unbranched alkanes of at least 4 members (excludes halogenated alkanes) is 2. The lowest BCUT2D eigenvalue weighted by Gasteiger charge is -2.29. The van der Waals surface area contributed by atoms with Crippen molar-refractivity contribution in [1.29, 1.82) is 0 Å². The maximum Gasteiger partial charge on any atom is 0.303 e. The van der Waals surface area contributed by atoms with Crippen LogP contribution in [0.15, 0.2) is 103 Å². The van der Waals surface area contributed by atoms with Crippen LogP contribution in [0.5, 0.6) is 5.75 Å². The number of hydrogen-bond donors (Lipinski definition) is 2. The highest BCUT2D eigenvalue weighted by Gasteiger charge is 2.27. The SMILES string of the molecule is O=C(O)CCCCCOc1ccccc1C(O)N(CCc1ccccn1)C(=O)c1ccc(-c2ccccc2)cc1. The molecule has 0 fully saturated rings. The number of ether oxygens (including phenoxy) is 1. The number of hydrogen-bond acceptors (Lipinski definition) is 5. The summed E-state index contributed by atoms with van der Waals surface area (Å²) in [5.41, 5.74) is 3.83. The molecule has 4 rings (SSSR count). The van der Waals surface area contributed by atoms with Gasteiger partial charge in [-0.05, 0) is 60.7 Å². The number of pyridine rings is 1. The summed E-state index contributed by atoms with van der Waals surface area (Å²) in [5.74, 6) is -0.616. The van der Waals surface area contributed by atoms with Gasteiger partial charge in [0, 0.05) is 42.4 Å². The van der Waals surface area contributed by atoms with E-state index in [1.807, 2.05) is 66.7 Å². The van der Waals surface area contributed by atoms with Crippen LogP contribution < -0.4 is 4.74 Å². The minimum absolute atomic E-state index is 0.134. The minimum Gasteiger partial charge on any atom is -0.493 e. The van der Waals surface area contributed by atoms with Gasteiger partial charge in [0.25, 0.3) is 5.91 Å². The smallest absolute Gasteiger partial charge is 0.303 e. The zero-order valence-corrected chi connectivity index (χ0v) is 22.4. The summed E-state index contributed by atoms with van der Waals surface area (Å²) < 4.78 is 5.97. The lowest BCUT2D eigenvalue weighted by atomic mass is 10.0. The second-order valence-corrected chi connectivity index (χ2v) is 9.48. The molecule has 0 aliphatic heterocycles. The molecule has 40 heavy (non-hydrogen) atoms. The Balaban J connectivity index is 1.52. The zero-order chi connectivity index (χ0) is 28.2. The first-order valence-electron chi connectivity index (χ1n) is 13.5. The summed E-state index contributed by atoms with van der Waals surface area (Å²) in [6.07, 6.45) is 3.07. The first-order chi connectivity index (χ1) is 19.5. The van der Waals surface area contributed by atoms with Gasteiger partial charge in [-0.1, -0.05) is 66.7 Å². The average molecular weight is 539 g/mol. The summed E-state index contributed by atoms with van der Waals surface area (Å²) in [7, 11) is 0. The second-order valence-electron chi connectivity index (χ2n) is 9.48. The molecule has 2 N–H and O–H groups in total. The molecule has 4 aromatic rings. The lowest BCUT2D eigenvalue weighted by molar-refractivity contribution is -0.137. The van der Waals surface area contributed by atoms with Crippen LogP contribution in [0.2, 0.25) is 0 Å². The van der Waals surface area contributed by atoms with Crippen LogP contribution in [0, 0.1) is 0 Å². The number of rotatable bonds is 14. The van der Waals surface area contributed by atoms with Gasteiger partial charge in [0.2, 0.25) is 0 Å². The Labute approximate surface area is 234 Å². The molecule has 0 aliphatic rings. The fourth-order valence-corrected chi connectivity index (χ4v) is 4.45. The van der Waals surface area contributed by atoms with E-state index in [4.69, 9.17) is 9.84 Å². The standard InChI is InChI=1S/C33H34N2O5/c36-31(37)16-5-2-10-24-40-30-15-7-6-14-29(30)33(39)35(23-21-28-13-8-9-22-34-28)32(38)27-19-17-26(18-20-27)25-11-3-1-4-12-25/h1,3-4,6-9,11-15,17-20,22,33,39H,2,5,10,16,21,23-24H2,(H,36,37). The van der Waals surface area contributed by atoms with Crippen LogP contribution in [0.3, 0.4) is 0 Å². The van der Waals surface area contributed by atoms with Gasteiger partial charge in [-0.15, -0.1) is 0 Å². The second kappa shape index (κ2) is 14.6. The highest BCUT2D eigenvalue weighted by atomic mass is 16.5. The van der Waals surface area contributed by atoms with E-state index in [1.165, 1.54) is 4.90 Å². The van der Waals surface area contributed by atoms with Crippen molar-refractivity contribution in [3.8, 4) is 16.9 Å². The molecule has 1 aromatic heterocycles. The fourth-order valence-electron chi connectivity index (χ4n) is 4.45. The number of aromatic nitrogens is 1. The van der Waals surface area contributed by atoms with Crippen molar-refractivity contribution in [2.45, 2.75) is 38.3 Å². The maximum atomic E-state index is 13.8. The monoisotopic (exact) mass is 538 g/mol. The van der Waals surface area contributed by atoms with E-state index in [1.54, 1.807) is 36.5 Å². The Kier molecular flexibility index (Phi) is 10.4. The lowest BCUT2D eigenvalue weighted by Crippen LogP contribution is -2.37. The Bertz CT molecular complexity index is 1360. The number of aliphatic hydroxyl groups is 1. The molecule has 0 saturated carbocycles. The van der Waals surface area contributed by atoms with E-state index >= 15 is 0 Å². The van der Waals surface area contributed by atoms with Crippen molar-refractivity contribution in [2.75, 3.05) is 13.2 Å². The zero-order valence-electron chi connectivity index (χ0n) is 22.4. The third kappa shape index (κ3) is 8.01. The van der Waals surface area contributed by atoms with Crippen molar-refractivity contribution >= 4 is 11.9 Å². The first kappa shape index (κ1) is 28.5. The highest BCUT2D eigenvalue weighted by Crippen LogP contribution is 2.30. The van der Waals surface area contributed by atoms with E-state index in [0.29, 0.717) is 42.7 Å². The first-order valence-corrected chi connectivity index (χ1v) is 13.5. The van der Waals surface area contributed by atoms with Crippen molar-refractivity contribution in [3.05, 3.63) is 120 Å². The number of aliphatic carboxylic acids is 1. The van der Waals surface area contributed by atoms with Crippen LogP contribution in [0.25, 0.3) is 11.1 Å². The molecule has 0 bridgehead atoms. The van der Waals surface area contributed by atoms with Crippen LogP contribution in [-0.2, 0) is 11.2 Å². The van der Waals surface area contributed by atoms with E-state index in [0.717, 1.165) is 23.2 Å². The topological polar surface area (TPSA) is 100.0 Å². The molecule has 7 nitrogen and oxygen atoms in total. The normalized spacial score (nSPS) is 11.5. The van der Waals surface area contributed by atoms with Gasteiger partial charge < -0.3 is 19.8 Å². The third-order valence-electron chi connectivity index (χ3n) is 6.62. The number of carbonyl (C=O) groups excluding carboxylic acids is 1. The summed E-state index contributed by atoms with van der Waals surface area (Å²) in [4.78, 5) is 30.3. The third-order valence-corrected chi connectivity index (χ3v) is 6.62. The molecule has 3 aromatic carbocycles. The molecule has 206 valence electrons. The van der Waals surface area contributed by atoms with Crippen LogP contribution in [-0.4, -0.2) is 45.1 Å². The molecule has 1 heterocycles. The number of benzene rings is 3. The molecular formula is C33H34N2O5. The molecule has 0 aliphatic carbocycles. The molecule has 7 heteroatoms. The van der Waals surface area contributed by atoms with E-state index < -0.39 is 12.2 Å². The number of aliphatic hydroxyl groups excluding tert-OH is 1. The number of nitrogens with zero attached hydrogens (tertiary/aromatic N) is 2. The molecule has 1 atom stereocenters. The van der Waals surface area contributed by atoms with E-state index in [9.17, 15) is 14.7 Å². The Hall–Kier alpha value is -4.49. The molecular weight excluding hydrogens is 504 g/mol. The van der Waals surface area contributed by atoms with Crippen LogP contribution in [0.4, 0.5) is 0 Å². The maximum absolute atomic E-state index is 13.8. The fraction of sp³-hybridized carbons (Fsp3) is 0.242. The van der Waals surface area contributed by atoms with Gasteiger partial charge in [-0.3, -0.25) is 14.6 Å². The molecule has 1 unspecified atom stereocenters. The summed E-state index contributed by atoms with van der Waals surface area (Å²) in [6, 6.07) is 30.1. The summed E-state index contributed by atoms with van der Waals surface area (Å²) in [5, 5.41) is 20.4. The van der Waals surface area contributed by atoms with Gasteiger partial charge in [-0.25, -0.2) is 0 Å². The van der Waals surface area contributed by atoms with Crippen LogP contribution in [0.1, 0.15) is 53.5 Å². The quantitative estimate of drug-likeness (QED) is 0.148. The Morgan fingerprint density at radius 3 is 2.23 bits per heavy atom. The summed E-state index contributed by atoms with van der Waals surface area (Å²) >= 11 is 0. The van der Waals surface area contributed by atoms with Gasteiger partial charge in [0.05, 0.1) is 6.61 Å². The number of carboxylic acids is 1. The summed E-state index contributed by atoms with van der Waals surface area (Å²) in [6.45, 7) is 0.632. The van der Waals surface area contributed by atoms with E-state index in [-0.39, 0.29) is 18.9 Å².